The largest absolute Gasteiger partial charge is 0.403 e. The van der Waals surface area contributed by atoms with E-state index in [4.69, 9.17) is 11.5 Å². The lowest BCUT2D eigenvalue weighted by molar-refractivity contribution is -0.612. The van der Waals surface area contributed by atoms with Gasteiger partial charge < -0.3 is 16.4 Å². The molecule has 3 heterocycles. The second kappa shape index (κ2) is 9.43. The molecule has 1 aromatic heterocycles. The van der Waals surface area contributed by atoms with Gasteiger partial charge in [-0.1, -0.05) is 36.4 Å². The zero-order chi connectivity index (χ0) is 20.8. The second-order valence-corrected chi connectivity index (χ2v) is 6.85. The Morgan fingerprint density at radius 3 is 2.59 bits per heavy atom. The molecule has 0 saturated carbocycles. The average Bonchev–Trinajstić information content (AvgIpc) is 3.44. The lowest BCUT2D eigenvalue weighted by Gasteiger charge is -2.13. The van der Waals surface area contributed by atoms with E-state index >= 15 is 0 Å². The van der Waals surface area contributed by atoms with Gasteiger partial charge in [-0.3, -0.25) is 0 Å². The number of hydrogen-bond acceptors (Lipinski definition) is 3. The predicted molar refractivity (Wildman–Crippen MR) is 122 cm³/mol. The van der Waals surface area contributed by atoms with Crippen molar-refractivity contribution in [2.45, 2.75) is 33.2 Å². The van der Waals surface area contributed by atoms with E-state index in [1.165, 1.54) is 34.1 Å². The highest BCUT2D eigenvalue weighted by Gasteiger charge is 2.27. The third-order valence-electron chi connectivity index (χ3n) is 5.15. The molecule has 29 heavy (non-hydrogen) atoms. The molecule has 0 unspecified atom stereocenters. The maximum atomic E-state index is 5.84. The van der Waals surface area contributed by atoms with Crippen molar-refractivity contribution in [3.05, 3.63) is 76.7 Å². The summed E-state index contributed by atoms with van der Waals surface area (Å²) in [7, 11) is 1.98. The van der Waals surface area contributed by atoms with Crippen LogP contribution in [-0.2, 0) is 13.0 Å². The van der Waals surface area contributed by atoms with Gasteiger partial charge in [-0.2, -0.15) is 0 Å². The SMILES string of the molecule is CC.CN(/C=C\N)c1ccc(/C=C/C2=[n+]3c(c(CCN)c4n3CCC=4)C=C2)cc1. The van der Waals surface area contributed by atoms with E-state index < -0.39 is 0 Å². The molecule has 0 saturated heterocycles. The highest BCUT2D eigenvalue weighted by molar-refractivity contribution is 5.59. The number of anilines is 1. The Labute approximate surface area is 173 Å². The number of aromatic nitrogens is 2. The zero-order valence-corrected chi connectivity index (χ0v) is 17.7. The molecular formula is C24H32N5+. The summed E-state index contributed by atoms with van der Waals surface area (Å²) in [6.07, 6.45) is 16.5. The number of allylic oxidation sites excluding steroid dienone is 2. The van der Waals surface area contributed by atoms with Gasteiger partial charge in [0.05, 0.1) is 12.1 Å². The Kier molecular flexibility index (Phi) is 6.73. The van der Waals surface area contributed by atoms with Crippen LogP contribution in [0.15, 0.2) is 48.8 Å². The maximum Gasteiger partial charge on any atom is 0.242 e. The fourth-order valence-electron chi connectivity index (χ4n) is 3.85. The van der Waals surface area contributed by atoms with Crippen LogP contribution in [-0.4, -0.2) is 18.3 Å². The molecule has 0 fully saturated rings. The minimum atomic E-state index is 0.678. The van der Waals surface area contributed by atoms with Crippen molar-refractivity contribution >= 4 is 23.9 Å². The Bertz CT molecular complexity index is 1050. The highest BCUT2D eigenvalue weighted by atomic mass is 15.4. The summed E-state index contributed by atoms with van der Waals surface area (Å²) in [5.74, 6) is 0. The molecule has 5 heteroatoms. The number of rotatable bonds is 6. The first kappa shape index (κ1) is 20.7. The summed E-state index contributed by atoms with van der Waals surface area (Å²) in [6.45, 7) is 5.71. The average molecular weight is 391 g/mol. The Morgan fingerprint density at radius 1 is 1.14 bits per heavy atom. The van der Waals surface area contributed by atoms with Crippen LogP contribution < -0.4 is 26.1 Å². The molecule has 0 aliphatic carbocycles. The standard InChI is InChI=1S/C22H26N5.C2H6/c1-25(16-14-24)18-7-4-17(5-8-18)6-9-19-10-11-22-20(12-13-23)21-3-2-15-26(21)27(19)22;1-2/h3-11,14,16H,2,12-13,15,23-24H2,1H3;1-2H3/q+1;/b16-14-;. The quantitative estimate of drug-likeness (QED) is 0.745. The molecule has 2 aliphatic rings. The summed E-state index contributed by atoms with van der Waals surface area (Å²) in [5.41, 5.74) is 17.4. The Hall–Kier alpha value is -3.05. The number of benzene rings is 1. The molecule has 0 amide bonds. The van der Waals surface area contributed by atoms with Gasteiger partial charge in [0.25, 0.3) is 0 Å². The summed E-state index contributed by atoms with van der Waals surface area (Å²) < 4.78 is 4.70. The smallest absolute Gasteiger partial charge is 0.242 e. The van der Waals surface area contributed by atoms with Crippen LogP contribution >= 0.6 is 0 Å². The zero-order valence-electron chi connectivity index (χ0n) is 17.7. The minimum absolute atomic E-state index is 0.678. The van der Waals surface area contributed by atoms with Crippen molar-refractivity contribution in [2.24, 2.45) is 11.5 Å². The van der Waals surface area contributed by atoms with Crippen LogP contribution in [0.5, 0.6) is 0 Å². The van der Waals surface area contributed by atoms with Crippen molar-refractivity contribution in [3.63, 3.8) is 0 Å². The topological polar surface area (TPSA) is 66.1 Å². The molecule has 152 valence electrons. The van der Waals surface area contributed by atoms with E-state index in [0.717, 1.165) is 25.1 Å². The molecule has 0 spiro atoms. The predicted octanol–water partition coefficient (Wildman–Crippen LogP) is 2.47. The number of fused-ring (bicyclic) bond motifs is 3. The summed E-state index contributed by atoms with van der Waals surface area (Å²) >= 11 is 0. The van der Waals surface area contributed by atoms with Crippen LogP contribution in [0, 0.1) is 5.71 Å². The first-order valence-electron chi connectivity index (χ1n) is 10.4. The van der Waals surface area contributed by atoms with E-state index in [9.17, 15) is 0 Å². The molecule has 1 aromatic carbocycles. The minimum Gasteiger partial charge on any atom is -0.403 e. The van der Waals surface area contributed by atoms with Crippen molar-refractivity contribution in [1.82, 2.24) is 4.68 Å². The molecule has 0 radical (unpaired) electrons. The van der Waals surface area contributed by atoms with Gasteiger partial charge in [0.15, 0.2) is 0 Å². The fourth-order valence-corrected chi connectivity index (χ4v) is 3.85. The molecule has 2 aliphatic heterocycles. The van der Waals surface area contributed by atoms with Crippen LogP contribution in [0.2, 0.25) is 0 Å². The van der Waals surface area contributed by atoms with E-state index in [1.807, 2.05) is 32.0 Å². The first-order chi connectivity index (χ1) is 14.2. The van der Waals surface area contributed by atoms with Crippen LogP contribution in [0.25, 0.3) is 18.2 Å². The van der Waals surface area contributed by atoms with E-state index in [1.54, 1.807) is 0 Å². The van der Waals surface area contributed by atoms with Crippen LogP contribution in [0.3, 0.4) is 0 Å². The summed E-state index contributed by atoms with van der Waals surface area (Å²) in [5, 5.41) is 1.34. The molecule has 4 N–H and O–H groups in total. The Morgan fingerprint density at radius 2 is 1.90 bits per heavy atom. The van der Waals surface area contributed by atoms with Gasteiger partial charge in [0.2, 0.25) is 11.4 Å². The van der Waals surface area contributed by atoms with Gasteiger partial charge in [-0.15, -0.1) is 4.68 Å². The molecule has 0 atom stereocenters. The first-order valence-corrected chi connectivity index (χ1v) is 10.4. The van der Waals surface area contributed by atoms with Crippen molar-refractivity contribution in [2.75, 3.05) is 18.5 Å². The molecular weight excluding hydrogens is 358 g/mol. The lowest BCUT2D eigenvalue weighted by Crippen LogP contribution is -2.35. The van der Waals surface area contributed by atoms with E-state index in [2.05, 4.69) is 63.7 Å². The fraction of sp³-hybridized carbons (Fsp3) is 0.292. The number of hydrogen-bond donors (Lipinski definition) is 2. The highest BCUT2D eigenvalue weighted by Crippen LogP contribution is 2.17. The van der Waals surface area contributed by atoms with E-state index in [-0.39, 0.29) is 0 Å². The lowest BCUT2D eigenvalue weighted by atomic mass is 10.1. The van der Waals surface area contributed by atoms with Crippen LogP contribution in [0.1, 0.15) is 37.1 Å². The van der Waals surface area contributed by atoms with Gasteiger partial charge in [-0.05, 0) is 43.2 Å². The normalized spacial score (nSPS) is 14.1. The Balaban J connectivity index is 0.00000117. The number of nitrogens with two attached hydrogens (primary N) is 2. The summed E-state index contributed by atoms with van der Waals surface area (Å²) in [6, 6.07) is 8.43. The monoisotopic (exact) mass is 390 g/mol. The van der Waals surface area contributed by atoms with E-state index in [0.29, 0.717) is 6.54 Å². The maximum absolute atomic E-state index is 5.84. The van der Waals surface area contributed by atoms with Gasteiger partial charge >= 0.3 is 0 Å². The van der Waals surface area contributed by atoms with Crippen molar-refractivity contribution in [1.29, 1.82) is 0 Å². The van der Waals surface area contributed by atoms with Gasteiger partial charge in [-0.25, -0.2) is 0 Å². The summed E-state index contributed by atoms with van der Waals surface area (Å²) in [4.78, 5) is 1.99. The second-order valence-electron chi connectivity index (χ2n) is 6.85. The molecule has 0 bridgehead atoms. The number of nitrogens with zero attached hydrogens (tertiary/aromatic N) is 3. The van der Waals surface area contributed by atoms with Crippen molar-refractivity contribution < 1.29 is 4.36 Å². The third kappa shape index (κ3) is 4.05. The van der Waals surface area contributed by atoms with Gasteiger partial charge in [0.1, 0.15) is 5.35 Å². The third-order valence-corrected chi connectivity index (χ3v) is 5.15. The molecule has 2 aromatic rings. The van der Waals surface area contributed by atoms with Crippen molar-refractivity contribution in [3.8, 4) is 0 Å². The van der Waals surface area contributed by atoms with Crippen LogP contribution in [0.4, 0.5) is 5.69 Å². The molecule has 4 rings (SSSR count). The molecule has 5 nitrogen and oxygen atoms in total. The van der Waals surface area contributed by atoms with Gasteiger partial charge in [0, 0.05) is 43.4 Å².